The zero-order valence-electron chi connectivity index (χ0n) is 14.7. The second kappa shape index (κ2) is 7.43. The molecule has 3 unspecified atom stereocenters. The highest BCUT2D eigenvalue weighted by atomic mass is 127. The minimum Gasteiger partial charge on any atom is -0.378 e. The number of methoxy groups -OCH3 is 1. The van der Waals surface area contributed by atoms with E-state index in [1.165, 1.54) is 0 Å². The predicted molar refractivity (Wildman–Crippen MR) is 104 cm³/mol. The van der Waals surface area contributed by atoms with Crippen LogP contribution >= 0.6 is 24.0 Å². The monoisotopic (exact) mass is 459 g/mol. The summed E-state index contributed by atoms with van der Waals surface area (Å²) in [6, 6.07) is 0.288. The Bertz CT molecular complexity index is 550. The van der Waals surface area contributed by atoms with Crippen molar-refractivity contribution < 1.29 is 13.2 Å². The van der Waals surface area contributed by atoms with Gasteiger partial charge in [0.1, 0.15) is 0 Å². The molecule has 2 rings (SSSR count). The predicted octanol–water partition coefficient (Wildman–Crippen LogP) is 1.41. The lowest BCUT2D eigenvalue weighted by atomic mass is 9.56. The van der Waals surface area contributed by atoms with Crippen LogP contribution in [-0.2, 0) is 14.6 Å². The Labute approximate surface area is 157 Å². The zero-order valence-corrected chi connectivity index (χ0v) is 17.8. The van der Waals surface area contributed by atoms with Gasteiger partial charge in [-0.3, -0.25) is 4.99 Å². The van der Waals surface area contributed by atoms with E-state index < -0.39 is 9.84 Å². The number of nitrogens with zero attached hydrogens (tertiary/aromatic N) is 1. The summed E-state index contributed by atoms with van der Waals surface area (Å²) in [5, 5.41) is 6.70. The van der Waals surface area contributed by atoms with Crippen molar-refractivity contribution in [1.82, 2.24) is 10.6 Å². The van der Waals surface area contributed by atoms with E-state index in [1.807, 2.05) is 0 Å². The average molecular weight is 459 g/mol. The molecule has 0 radical (unpaired) electrons. The van der Waals surface area contributed by atoms with Gasteiger partial charge in [-0.2, -0.15) is 0 Å². The molecule has 136 valence electrons. The molecule has 3 atom stereocenters. The fraction of sp³-hybridized carbons (Fsp3) is 0.933. The van der Waals surface area contributed by atoms with Crippen LogP contribution in [0.2, 0.25) is 0 Å². The van der Waals surface area contributed by atoms with Crippen LogP contribution in [0, 0.1) is 11.3 Å². The topological polar surface area (TPSA) is 79.8 Å². The summed E-state index contributed by atoms with van der Waals surface area (Å²) in [7, 11) is 0.673. The standard InChI is InChI=1S/C15H29N3O3S.HI/c1-14(2)12(8-15(14,3)21-5)18-13(16-4)17-9-11-6-7-22(19,20)10-11;/h11-12H,6-10H2,1-5H3,(H2,16,17,18);1H. The third-order valence-corrected chi connectivity index (χ3v) is 7.53. The molecule has 8 heteroatoms. The maximum atomic E-state index is 11.5. The molecule has 2 aliphatic rings. The van der Waals surface area contributed by atoms with Crippen molar-refractivity contribution in [1.29, 1.82) is 0 Å². The van der Waals surface area contributed by atoms with Gasteiger partial charge in [-0.05, 0) is 25.7 Å². The molecule has 1 aliphatic heterocycles. The van der Waals surface area contributed by atoms with E-state index in [9.17, 15) is 8.42 Å². The minimum absolute atomic E-state index is 0. The van der Waals surface area contributed by atoms with Gasteiger partial charge >= 0.3 is 0 Å². The van der Waals surface area contributed by atoms with E-state index in [0.29, 0.717) is 12.3 Å². The number of sulfone groups is 1. The molecular weight excluding hydrogens is 429 g/mol. The Morgan fingerprint density at radius 2 is 2.00 bits per heavy atom. The van der Waals surface area contributed by atoms with Gasteiger partial charge in [-0.15, -0.1) is 24.0 Å². The maximum absolute atomic E-state index is 11.5. The lowest BCUT2D eigenvalue weighted by Crippen LogP contribution is -2.69. The number of rotatable bonds is 4. The Balaban J connectivity index is 0.00000264. The lowest BCUT2D eigenvalue weighted by Gasteiger charge is -2.59. The largest absolute Gasteiger partial charge is 0.378 e. The van der Waals surface area contributed by atoms with Crippen LogP contribution in [0.3, 0.4) is 0 Å². The number of hydrogen-bond donors (Lipinski definition) is 2. The Morgan fingerprint density at radius 1 is 1.35 bits per heavy atom. The fourth-order valence-electron chi connectivity index (χ4n) is 3.36. The molecule has 1 saturated heterocycles. The molecule has 0 aromatic carbocycles. The minimum atomic E-state index is -2.82. The van der Waals surface area contributed by atoms with Crippen LogP contribution in [0.15, 0.2) is 4.99 Å². The summed E-state index contributed by atoms with van der Waals surface area (Å²) < 4.78 is 28.6. The molecule has 0 amide bonds. The Kier molecular flexibility index (Phi) is 6.77. The third kappa shape index (κ3) is 4.31. The molecule has 2 N–H and O–H groups in total. The molecule has 2 fully saturated rings. The first-order chi connectivity index (χ1) is 10.1. The van der Waals surface area contributed by atoms with Crippen molar-refractivity contribution in [2.45, 2.75) is 45.3 Å². The van der Waals surface area contributed by atoms with E-state index >= 15 is 0 Å². The van der Waals surface area contributed by atoms with Gasteiger partial charge in [-0.25, -0.2) is 8.42 Å². The highest BCUT2D eigenvalue weighted by Crippen LogP contribution is 2.51. The van der Waals surface area contributed by atoms with Crippen molar-refractivity contribution in [2.24, 2.45) is 16.3 Å². The van der Waals surface area contributed by atoms with Gasteiger partial charge in [0.05, 0.1) is 17.1 Å². The van der Waals surface area contributed by atoms with E-state index in [4.69, 9.17) is 4.74 Å². The van der Waals surface area contributed by atoms with Crippen molar-refractivity contribution in [3.63, 3.8) is 0 Å². The molecule has 0 aromatic rings. The molecule has 0 spiro atoms. The second-order valence-electron chi connectivity index (χ2n) is 7.28. The molecular formula is C15H30IN3O3S. The highest BCUT2D eigenvalue weighted by Gasteiger charge is 2.58. The van der Waals surface area contributed by atoms with Crippen LogP contribution in [0.5, 0.6) is 0 Å². The summed E-state index contributed by atoms with van der Waals surface area (Å²) in [4.78, 5) is 4.25. The molecule has 1 aliphatic carbocycles. The number of halogens is 1. The van der Waals surface area contributed by atoms with Gasteiger partial charge in [0.15, 0.2) is 15.8 Å². The number of aliphatic imine (C=N–C) groups is 1. The number of ether oxygens (including phenoxy) is 1. The summed E-state index contributed by atoms with van der Waals surface area (Å²) in [6.45, 7) is 7.15. The van der Waals surface area contributed by atoms with Crippen LogP contribution in [0.25, 0.3) is 0 Å². The van der Waals surface area contributed by atoms with Crippen LogP contribution < -0.4 is 10.6 Å². The summed E-state index contributed by atoms with van der Waals surface area (Å²) in [5.41, 5.74) is -0.112. The normalized spacial score (nSPS) is 35.1. The highest BCUT2D eigenvalue weighted by molar-refractivity contribution is 14.0. The van der Waals surface area contributed by atoms with Crippen molar-refractivity contribution in [2.75, 3.05) is 32.2 Å². The van der Waals surface area contributed by atoms with Gasteiger partial charge in [0.25, 0.3) is 0 Å². The third-order valence-electron chi connectivity index (χ3n) is 5.70. The van der Waals surface area contributed by atoms with E-state index in [1.54, 1.807) is 14.2 Å². The lowest BCUT2D eigenvalue weighted by molar-refractivity contribution is -0.176. The molecule has 1 saturated carbocycles. The molecule has 0 aromatic heterocycles. The van der Waals surface area contributed by atoms with E-state index in [0.717, 1.165) is 18.8 Å². The van der Waals surface area contributed by atoms with Gasteiger partial charge in [-0.1, -0.05) is 13.8 Å². The van der Waals surface area contributed by atoms with Crippen molar-refractivity contribution in [3.8, 4) is 0 Å². The van der Waals surface area contributed by atoms with Gasteiger partial charge in [0, 0.05) is 32.2 Å². The summed E-state index contributed by atoms with van der Waals surface area (Å²) in [6.07, 6.45) is 1.66. The first kappa shape index (κ1) is 21.0. The number of nitrogens with one attached hydrogen (secondary N) is 2. The number of guanidine groups is 1. The van der Waals surface area contributed by atoms with Crippen molar-refractivity contribution in [3.05, 3.63) is 0 Å². The summed E-state index contributed by atoms with van der Waals surface area (Å²) >= 11 is 0. The average Bonchev–Trinajstić information content (AvgIpc) is 2.81. The van der Waals surface area contributed by atoms with E-state index in [-0.39, 0.29) is 52.7 Å². The van der Waals surface area contributed by atoms with E-state index in [2.05, 4.69) is 36.4 Å². The van der Waals surface area contributed by atoms with Gasteiger partial charge < -0.3 is 15.4 Å². The van der Waals surface area contributed by atoms with Crippen LogP contribution in [0.1, 0.15) is 33.6 Å². The quantitative estimate of drug-likeness (QED) is 0.378. The Hall–Kier alpha value is -0.0900. The zero-order chi connectivity index (χ0) is 16.6. The molecule has 23 heavy (non-hydrogen) atoms. The van der Waals surface area contributed by atoms with Crippen molar-refractivity contribution >= 4 is 39.8 Å². The Morgan fingerprint density at radius 3 is 2.43 bits per heavy atom. The number of hydrogen-bond acceptors (Lipinski definition) is 4. The van der Waals surface area contributed by atoms with Gasteiger partial charge in [0.2, 0.25) is 0 Å². The first-order valence-corrected chi connectivity index (χ1v) is 9.68. The first-order valence-electron chi connectivity index (χ1n) is 7.86. The van der Waals surface area contributed by atoms with Crippen LogP contribution in [0.4, 0.5) is 0 Å². The maximum Gasteiger partial charge on any atom is 0.191 e. The van der Waals surface area contributed by atoms with Crippen LogP contribution in [-0.4, -0.2) is 58.2 Å². The molecule has 0 bridgehead atoms. The smallest absolute Gasteiger partial charge is 0.191 e. The molecule has 1 heterocycles. The second-order valence-corrected chi connectivity index (χ2v) is 9.51. The fourth-order valence-corrected chi connectivity index (χ4v) is 5.22. The summed E-state index contributed by atoms with van der Waals surface area (Å²) in [5.74, 6) is 1.52. The molecule has 6 nitrogen and oxygen atoms in total. The SMILES string of the molecule is CN=C(NCC1CCS(=O)(=O)C1)NC1CC(C)(OC)C1(C)C.I.